The van der Waals surface area contributed by atoms with Gasteiger partial charge in [-0.05, 0) is 31.5 Å². The number of benzene rings is 1. The lowest BCUT2D eigenvalue weighted by molar-refractivity contribution is 0.204. The number of para-hydroxylation sites is 2. The van der Waals surface area contributed by atoms with Crippen molar-refractivity contribution in [2.45, 2.75) is 18.8 Å². The van der Waals surface area contributed by atoms with Gasteiger partial charge in [0.2, 0.25) is 0 Å². The maximum Gasteiger partial charge on any atom is 0.199 e. The van der Waals surface area contributed by atoms with Crippen molar-refractivity contribution in [2.75, 3.05) is 31.6 Å². The molecule has 0 bridgehead atoms. The molecule has 2 heterocycles. The van der Waals surface area contributed by atoms with Crippen LogP contribution in [0.25, 0.3) is 11.1 Å². The molecule has 1 aromatic carbocycles. The second-order valence-electron chi connectivity index (χ2n) is 5.79. The standard InChI is InChI=1S/C15H20N2O3S/c1-21(18,19)10-9-17-8-4-5-12(11-17)15-16-13-6-2-3-7-14(13)20-15/h2-3,6-7,12H,4-5,8-11H2,1H3/t12-/m1/s1. The number of sulfone groups is 1. The monoisotopic (exact) mass is 308 g/mol. The van der Waals surface area contributed by atoms with Crippen LogP contribution in [-0.2, 0) is 9.84 Å². The highest BCUT2D eigenvalue weighted by Crippen LogP contribution is 2.28. The van der Waals surface area contributed by atoms with Gasteiger partial charge in [-0.15, -0.1) is 0 Å². The number of oxazole rings is 1. The molecule has 3 rings (SSSR count). The summed E-state index contributed by atoms with van der Waals surface area (Å²) in [6, 6.07) is 7.77. The summed E-state index contributed by atoms with van der Waals surface area (Å²) in [4.78, 5) is 6.77. The van der Waals surface area contributed by atoms with Crippen LogP contribution in [0.1, 0.15) is 24.7 Å². The van der Waals surface area contributed by atoms with Crippen molar-refractivity contribution >= 4 is 20.9 Å². The highest BCUT2D eigenvalue weighted by molar-refractivity contribution is 7.90. The fraction of sp³-hybridized carbons (Fsp3) is 0.533. The van der Waals surface area contributed by atoms with E-state index in [9.17, 15) is 8.42 Å². The lowest BCUT2D eigenvalue weighted by Gasteiger charge is -2.30. The zero-order valence-electron chi connectivity index (χ0n) is 12.2. The van der Waals surface area contributed by atoms with Crippen molar-refractivity contribution in [3.05, 3.63) is 30.2 Å². The largest absolute Gasteiger partial charge is 0.440 e. The summed E-state index contributed by atoms with van der Waals surface area (Å²) in [5, 5.41) is 0. The molecule has 1 atom stereocenters. The fourth-order valence-corrected chi connectivity index (χ4v) is 3.41. The second-order valence-corrected chi connectivity index (χ2v) is 8.05. The predicted octanol–water partition coefficient (Wildman–Crippen LogP) is 2.05. The number of aromatic nitrogens is 1. The molecule has 0 saturated carbocycles. The molecule has 0 unspecified atom stereocenters. The molecule has 0 amide bonds. The third kappa shape index (κ3) is 3.63. The molecule has 1 fully saturated rings. The van der Waals surface area contributed by atoms with Gasteiger partial charge in [-0.2, -0.15) is 0 Å². The number of likely N-dealkylation sites (tertiary alicyclic amines) is 1. The molecular weight excluding hydrogens is 288 g/mol. The molecule has 21 heavy (non-hydrogen) atoms. The summed E-state index contributed by atoms with van der Waals surface area (Å²) in [6.07, 6.45) is 3.38. The number of nitrogens with zero attached hydrogens (tertiary/aromatic N) is 2. The first kappa shape index (κ1) is 14.5. The predicted molar refractivity (Wildman–Crippen MR) is 82.1 cm³/mol. The number of rotatable bonds is 4. The van der Waals surface area contributed by atoms with Crippen LogP contribution in [0.5, 0.6) is 0 Å². The van der Waals surface area contributed by atoms with Gasteiger partial charge in [0.25, 0.3) is 0 Å². The molecule has 0 N–H and O–H groups in total. The molecule has 0 radical (unpaired) electrons. The van der Waals surface area contributed by atoms with Crippen molar-refractivity contribution in [2.24, 2.45) is 0 Å². The topological polar surface area (TPSA) is 63.4 Å². The lowest BCUT2D eigenvalue weighted by Crippen LogP contribution is -2.37. The van der Waals surface area contributed by atoms with Crippen LogP contribution < -0.4 is 0 Å². The van der Waals surface area contributed by atoms with E-state index >= 15 is 0 Å². The molecular formula is C15H20N2O3S. The van der Waals surface area contributed by atoms with Crippen molar-refractivity contribution in [1.82, 2.24) is 9.88 Å². The van der Waals surface area contributed by atoms with E-state index in [1.807, 2.05) is 24.3 Å². The Morgan fingerprint density at radius 3 is 2.95 bits per heavy atom. The first-order chi connectivity index (χ1) is 10.0. The Balaban J connectivity index is 1.70. The third-order valence-electron chi connectivity index (χ3n) is 3.94. The molecule has 2 aromatic rings. The highest BCUT2D eigenvalue weighted by Gasteiger charge is 2.25. The molecule has 6 heteroatoms. The first-order valence-electron chi connectivity index (χ1n) is 7.27. The Morgan fingerprint density at radius 2 is 2.19 bits per heavy atom. The van der Waals surface area contributed by atoms with E-state index < -0.39 is 9.84 Å². The zero-order valence-corrected chi connectivity index (χ0v) is 13.0. The van der Waals surface area contributed by atoms with Crippen LogP contribution in [0, 0.1) is 0 Å². The van der Waals surface area contributed by atoms with E-state index in [4.69, 9.17) is 4.42 Å². The maximum atomic E-state index is 11.3. The van der Waals surface area contributed by atoms with Crippen LogP contribution in [0.4, 0.5) is 0 Å². The van der Waals surface area contributed by atoms with Gasteiger partial charge in [0.15, 0.2) is 11.5 Å². The summed E-state index contributed by atoms with van der Waals surface area (Å²) in [5.41, 5.74) is 1.71. The van der Waals surface area contributed by atoms with Gasteiger partial charge in [0, 0.05) is 25.3 Å². The number of hydrogen-bond donors (Lipinski definition) is 0. The Hall–Kier alpha value is -1.40. The van der Waals surface area contributed by atoms with E-state index in [1.54, 1.807) is 0 Å². The normalized spacial score (nSPS) is 20.9. The maximum absolute atomic E-state index is 11.3. The molecule has 114 valence electrons. The van der Waals surface area contributed by atoms with E-state index in [0.717, 1.165) is 42.9 Å². The molecule has 5 nitrogen and oxygen atoms in total. The van der Waals surface area contributed by atoms with Crippen LogP contribution in [-0.4, -0.2) is 49.9 Å². The summed E-state index contributed by atoms with van der Waals surface area (Å²) >= 11 is 0. The average Bonchev–Trinajstić information content (AvgIpc) is 2.89. The summed E-state index contributed by atoms with van der Waals surface area (Å²) in [5.74, 6) is 1.25. The minimum absolute atomic E-state index is 0.216. The SMILES string of the molecule is CS(=O)(=O)CCN1CCC[C@@H](c2nc3ccccc3o2)C1. The molecule has 0 aliphatic carbocycles. The third-order valence-corrected chi connectivity index (χ3v) is 4.87. The Labute approximate surface area is 124 Å². The van der Waals surface area contributed by atoms with Crippen molar-refractivity contribution in [3.8, 4) is 0 Å². The van der Waals surface area contributed by atoms with Gasteiger partial charge < -0.3 is 9.32 Å². The summed E-state index contributed by atoms with van der Waals surface area (Å²) in [7, 11) is -2.91. The average molecular weight is 308 g/mol. The van der Waals surface area contributed by atoms with Gasteiger partial charge in [-0.1, -0.05) is 12.1 Å². The lowest BCUT2D eigenvalue weighted by atomic mass is 9.98. The Bertz CT molecular complexity index is 690. The zero-order chi connectivity index (χ0) is 14.9. The van der Waals surface area contributed by atoms with Crippen LogP contribution in [0.15, 0.2) is 28.7 Å². The Kier molecular flexibility index (Phi) is 3.99. The van der Waals surface area contributed by atoms with Gasteiger partial charge in [0.1, 0.15) is 15.4 Å². The van der Waals surface area contributed by atoms with Crippen molar-refractivity contribution < 1.29 is 12.8 Å². The van der Waals surface area contributed by atoms with E-state index in [0.29, 0.717) is 6.54 Å². The van der Waals surface area contributed by atoms with Crippen LogP contribution in [0.3, 0.4) is 0 Å². The molecule has 0 spiro atoms. The van der Waals surface area contributed by atoms with Crippen LogP contribution in [0.2, 0.25) is 0 Å². The van der Waals surface area contributed by atoms with E-state index in [2.05, 4.69) is 9.88 Å². The molecule has 1 aliphatic rings. The summed E-state index contributed by atoms with van der Waals surface area (Å²) < 4.78 is 28.4. The number of piperidine rings is 1. The molecule has 1 saturated heterocycles. The van der Waals surface area contributed by atoms with Gasteiger partial charge in [-0.25, -0.2) is 13.4 Å². The first-order valence-corrected chi connectivity index (χ1v) is 9.33. The summed E-state index contributed by atoms with van der Waals surface area (Å²) in [6.45, 7) is 2.37. The minimum atomic E-state index is -2.91. The quantitative estimate of drug-likeness (QED) is 0.865. The Morgan fingerprint density at radius 1 is 1.38 bits per heavy atom. The highest BCUT2D eigenvalue weighted by atomic mass is 32.2. The molecule has 1 aliphatic heterocycles. The van der Waals surface area contributed by atoms with Crippen LogP contribution >= 0.6 is 0 Å². The molecule has 1 aromatic heterocycles. The van der Waals surface area contributed by atoms with E-state index in [-0.39, 0.29) is 11.7 Å². The minimum Gasteiger partial charge on any atom is -0.440 e. The van der Waals surface area contributed by atoms with Crippen molar-refractivity contribution in [3.63, 3.8) is 0 Å². The fourth-order valence-electron chi connectivity index (χ4n) is 2.82. The second kappa shape index (κ2) is 5.77. The van der Waals surface area contributed by atoms with Crippen molar-refractivity contribution in [1.29, 1.82) is 0 Å². The van der Waals surface area contributed by atoms with Gasteiger partial charge >= 0.3 is 0 Å². The van der Waals surface area contributed by atoms with E-state index in [1.165, 1.54) is 6.26 Å². The van der Waals surface area contributed by atoms with Gasteiger partial charge in [0.05, 0.1) is 5.75 Å². The smallest absolute Gasteiger partial charge is 0.199 e. The van der Waals surface area contributed by atoms with Gasteiger partial charge in [-0.3, -0.25) is 0 Å². The number of fused-ring (bicyclic) bond motifs is 1. The number of hydrogen-bond acceptors (Lipinski definition) is 5.